The average Bonchev–Trinajstić information content (AvgIpc) is 2.94. The number of likely N-dealkylation sites (tertiary alicyclic amines) is 1. The Bertz CT molecular complexity index is 761. The molecule has 0 aromatic heterocycles. The predicted molar refractivity (Wildman–Crippen MR) is 95.0 cm³/mol. The number of rotatable bonds is 6. The lowest BCUT2D eigenvalue weighted by Gasteiger charge is -2.19. The van der Waals surface area contributed by atoms with Crippen LogP contribution < -0.4 is 15.6 Å². The number of benzene rings is 1. The molecule has 4 amide bonds. The zero-order valence-corrected chi connectivity index (χ0v) is 15.3. The molecule has 1 saturated heterocycles. The molecule has 1 heterocycles. The normalized spacial score (nSPS) is 21.2. The van der Waals surface area contributed by atoms with Crippen LogP contribution in [0.1, 0.15) is 32.1 Å². The van der Waals surface area contributed by atoms with E-state index in [1.165, 1.54) is 18.2 Å². The number of halogens is 1. The Balaban J connectivity index is 1.38. The third-order valence-corrected chi connectivity index (χ3v) is 5.03. The first-order valence-corrected chi connectivity index (χ1v) is 9.27. The fraction of sp³-hybridized carbons (Fsp3) is 0.474. The van der Waals surface area contributed by atoms with Crippen molar-refractivity contribution in [3.8, 4) is 5.75 Å². The van der Waals surface area contributed by atoms with E-state index < -0.39 is 24.2 Å². The van der Waals surface area contributed by atoms with Crippen LogP contribution in [0.2, 0.25) is 0 Å². The summed E-state index contributed by atoms with van der Waals surface area (Å²) in [6, 6.07) is 5.64. The van der Waals surface area contributed by atoms with Crippen LogP contribution in [0.5, 0.6) is 5.75 Å². The maximum absolute atomic E-state index is 13.4. The number of carbonyl (C=O) groups excluding carboxylic acids is 4. The Morgan fingerprint density at radius 3 is 2.29 bits per heavy atom. The summed E-state index contributed by atoms with van der Waals surface area (Å²) in [5.74, 6) is -2.80. The highest BCUT2D eigenvalue weighted by molar-refractivity contribution is 6.05. The molecule has 1 aliphatic carbocycles. The van der Waals surface area contributed by atoms with Gasteiger partial charge in [-0.1, -0.05) is 25.0 Å². The molecule has 0 radical (unpaired) electrons. The highest BCUT2D eigenvalue weighted by Crippen LogP contribution is 2.37. The number of nitrogens with zero attached hydrogens (tertiary/aromatic N) is 1. The number of para-hydroxylation sites is 1. The second-order valence-corrected chi connectivity index (χ2v) is 6.89. The molecule has 2 N–H and O–H groups in total. The van der Waals surface area contributed by atoms with Gasteiger partial charge in [-0.2, -0.15) is 0 Å². The molecule has 1 aliphatic heterocycles. The summed E-state index contributed by atoms with van der Waals surface area (Å²) in [6.45, 7) is -0.494. The first kappa shape index (κ1) is 19.8. The maximum atomic E-state index is 13.4. The molecule has 0 spiro atoms. The second-order valence-electron chi connectivity index (χ2n) is 6.89. The monoisotopic (exact) mass is 391 g/mol. The van der Waals surface area contributed by atoms with Crippen LogP contribution in [0.25, 0.3) is 0 Å². The summed E-state index contributed by atoms with van der Waals surface area (Å²) in [5.41, 5.74) is 4.33. The van der Waals surface area contributed by atoms with Crippen molar-refractivity contribution in [3.05, 3.63) is 30.1 Å². The summed E-state index contributed by atoms with van der Waals surface area (Å²) >= 11 is 0. The molecule has 2 atom stereocenters. The van der Waals surface area contributed by atoms with E-state index in [2.05, 4.69) is 10.9 Å². The van der Waals surface area contributed by atoms with Crippen molar-refractivity contribution < 1.29 is 28.3 Å². The van der Waals surface area contributed by atoms with E-state index in [9.17, 15) is 23.6 Å². The smallest absolute Gasteiger partial charge is 0.276 e. The molecule has 2 aliphatic rings. The molecule has 28 heavy (non-hydrogen) atoms. The van der Waals surface area contributed by atoms with E-state index in [1.807, 2.05) is 0 Å². The molecule has 1 aromatic carbocycles. The number of amides is 4. The van der Waals surface area contributed by atoms with Gasteiger partial charge in [-0.3, -0.25) is 34.9 Å². The van der Waals surface area contributed by atoms with Crippen LogP contribution in [0.4, 0.5) is 4.39 Å². The van der Waals surface area contributed by atoms with Gasteiger partial charge in [0, 0.05) is 13.0 Å². The largest absolute Gasteiger partial charge is 0.481 e. The van der Waals surface area contributed by atoms with E-state index in [0.717, 1.165) is 30.6 Å². The molecule has 0 unspecified atom stereocenters. The molecule has 2 fully saturated rings. The Labute approximate surface area is 161 Å². The molecule has 3 rings (SSSR count). The van der Waals surface area contributed by atoms with Gasteiger partial charge in [0.1, 0.15) is 0 Å². The summed E-state index contributed by atoms with van der Waals surface area (Å²) in [5, 5.41) is 0. The lowest BCUT2D eigenvalue weighted by molar-refractivity contribution is -0.140. The summed E-state index contributed by atoms with van der Waals surface area (Å²) in [4.78, 5) is 49.4. The molecule has 1 aromatic rings. The van der Waals surface area contributed by atoms with Crippen molar-refractivity contribution in [1.29, 1.82) is 0 Å². The van der Waals surface area contributed by atoms with Gasteiger partial charge in [0.25, 0.3) is 5.91 Å². The molecule has 8 nitrogen and oxygen atoms in total. The lowest BCUT2D eigenvalue weighted by atomic mass is 9.81. The lowest BCUT2D eigenvalue weighted by Crippen LogP contribution is -2.45. The Morgan fingerprint density at radius 2 is 1.64 bits per heavy atom. The number of imide groups is 1. The van der Waals surface area contributed by atoms with Gasteiger partial charge in [-0.15, -0.1) is 0 Å². The first-order chi connectivity index (χ1) is 13.5. The van der Waals surface area contributed by atoms with E-state index in [1.54, 1.807) is 6.07 Å². The molecule has 0 bridgehead atoms. The van der Waals surface area contributed by atoms with E-state index in [4.69, 9.17) is 4.74 Å². The van der Waals surface area contributed by atoms with Crippen LogP contribution in [0, 0.1) is 17.7 Å². The van der Waals surface area contributed by atoms with Crippen molar-refractivity contribution in [2.45, 2.75) is 32.1 Å². The van der Waals surface area contributed by atoms with E-state index in [0.29, 0.717) is 0 Å². The van der Waals surface area contributed by atoms with Gasteiger partial charge in [0.2, 0.25) is 17.7 Å². The van der Waals surface area contributed by atoms with Crippen molar-refractivity contribution in [2.24, 2.45) is 11.8 Å². The average molecular weight is 391 g/mol. The Morgan fingerprint density at radius 1 is 1.04 bits per heavy atom. The molecular formula is C19H22FN3O5. The van der Waals surface area contributed by atoms with Crippen LogP contribution in [0.3, 0.4) is 0 Å². The Hall–Kier alpha value is -2.97. The quantitative estimate of drug-likeness (QED) is 0.554. The second kappa shape index (κ2) is 8.81. The fourth-order valence-electron chi connectivity index (χ4n) is 3.61. The minimum absolute atomic E-state index is 0.0158. The minimum Gasteiger partial charge on any atom is -0.481 e. The van der Waals surface area contributed by atoms with Crippen LogP contribution >= 0.6 is 0 Å². The van der Waals surface area contributed by atoms with E-state index >= 15 is 0 Å². The number of nitrogens with one attached hydrogen (secondary N) is 2. The first-order valence-electron chi connectivity index (χ1n) is 9.27. The maximum Gasteiger partial charge on any atom is 0.276 e. The summed E-state index contributed by atoms with van der Waals surface area (Å²) in [6.07, 6.45) is 3.20. The molecule has 1 saturated carbocycles. The fourth-order valence-corrected chi connectivity index (χ4v) is 3.61. The van der Waals surface area contributed by atoms with Crippen molar-refractivity contribution >= 4 is 23.6 Å². The number of carbonyl (C=O) groups is 4. The molecule has 9 heteroatoms. The summed E-state index contributed by atoms with van der Waals surface area (Å²) in [7, 11) is 0. The molecule has 150 valence electrons. The third kappa shape index (κ3) is 4.47. The van der Waals surface area contributed by atoms with Gasteiger partial charge in [0.15, 0.2) is 18.2 Å². The van der Waals surface area contributed by atoms with Crippen molar-refractivity contribution in [1.82, 2.24) is 15.8 Å². The minimum atomic E-state index is -0.670. The Kier molecular flexibility index (Phi) is 6.23. The third-order valence-electron chi connectivity index (χ3n) is 5.03. The highest BCUT2D eigenvalue weighted by Gasteiger charge is 2.47. The van der Waals surface area contributed by atoms with Gasteiger partial charge in [-0.05, 0) is 25.0 Å². The highest BCUT2D eigenvalue weighted by atomic mass is 19.1. The van der Waals surface area contributed by atoms with Crippen LogP contribution in [-0.2, 0) is 19.2 Å². The SMILES string of the molecule is O=C(CCN1C(=O)[C@@H]2CCCC[C@H]2C1=O)NNC(=O)COc1ccccc1F. The van der Waals surface area contributed by atoms with Gasteiger partial charge < -0.3 is 4.74 Å². The van der Waals surface area contributed by atoms with Crippen LogP contribution in [0.15, 0.2) is 24.3 Å². The molecular weight excluding hydrogens is 369 g/mol. The van der Waals surface area contributed by atoms with Gasteiger partial charge in [-0.25, -0.2) is 4.39 Å². The standard InChI is InChI=1S/C19H22FN3O5/c20-14-7-3-4-8-15(14)28-11-17(25)22-21-16(24)9-10-23-18(26)12-5-1-2-6-13(12)19(23)27/h3-4,7-8,12-13H,1-2,5-6,9-11H2,(H,21,24)(H,22,25)/t12-,13-/m1/s1. The zero-order valence-electron chi connectivity index (χ0n) is 15.3. The van der Waals surface area contributed by atoms with Gasteiger partial charge in [0.05, 0.1) is 11.8 Å². The number of hydrazine groups is 1. The van der Waals surface area contributed by atoms with Crippen molar-refractivity contribution in [3.63, 3.8) is 0 Å². The number of fused-ring (bicyclic) bond motifs is 1. The number of hydrogen-bond donors (Lipinski definition) is 2. The topological polar surface area (TPSA) is 105 Å². The number of hydrogen-bond acceptors (Lipinski definition) is 5. The zero-order chi connectivity index (χ0) is 20.1. The number of ether oxygens (including phenoxy) is 1. The predicted octanol–water partition coefficient (Wildman–Crippen LogP) is 0.917. The van der Waals surface area contributed by atoms with Crippen LogP contribution in [-0.4, -0.2) is 41.7 Å². The van der Waals surface area contributed by atoms with Crippen molar-refractivity contribution in [2.75, 3.05) is 13.2 Å². The van der Waals surface area contributed by atoms with E-state index in [-0.39, 0.29) is 42.4 Å². The van der Waals surface area contributed by atoms with Gasteiger partial charge >= 0.3 is 0 Å². The summed E-state index contributed by atoms with van der Waals surface area (Å²) < 4.78 is 18.4.